The highest BCUT2D eigenvalue weighted by Crippen LogP contribution is 2.37. The van der Waals surface area contributed by atoms with Crippen molar-refractivity contribution in [3.63, 3.8) is 0 Å². The van der Waals surface area contributed by atoms with Crippen molar-refractivity contribution < 1.29 is 0 Å². The number of hydrogen-bond acceptors (Lipinski definition) is 3. The lowest BCUT2D eigenvalue weighted by atomic mass is 10.0. The molecule has 3 nitrogen and oxygen atoms in total. The lowest BCUT2D eigenvalue weighted by Gasteiger charge is -2.10. The third kappa shape index (κ3) is 1.48. The fourth-order valence-corrected chi connectivity index (χ4v) is 2.48. The highest BCUT2D eigenvalue weighted by molar-refractivity contribution is 6.30. The first kappa shape index (κ1) is 9.73. The number of pyridine rings is 1. The Kier molecular flexibility index (Phi) is 2.33. The summed E-state index contributed by atoms with van der Waals surface area (Å²) in [4.78, 5) is 12.8. The van der Waals surface area contributed by atoms with Crippen molar-refractivity contribution in [3.05, 3.63) is 52.8 Å². The van der Waals surface area contributed by atoms with E-state index >= 15 is 0 Å². The molecule has 1 aliphatic rings. The van der Waals surface area contributed by atoms with Crippen LogP contribution in [0.1, 0.15) is 29.3 Å². The molecule has 0 radical (unpaired) electrons. The van der Waals surface area contributed by atoms with Crippen molar-refractivity contribution in [2.45, 2.75) is 18.8 Å². The van der Waals surface area contributed by atoms with Crippen molar-refractivity contribution in [2.75, 3.05) is 0 Å². The lowest BCUT2D eigenvalue weighted by Crippen LogP contribution is -2.03. The predicted octanol–water partition coefficient (Wildman–Crippen LogP) is 2.60. The summed E-state index contributed by atoms with van der Waals surface area (Å²) in [5, 5.41) is 0.492. The molecule has 0 N–H and O–H groups in total. The topological polar surface area (TPSA) is 38.7 Å². The lowest BCUT2D eigenvalue weighted by molar-refractivity contribution is 0.740. The maximum Gasteiger partial charge on any atom is 0.151 e. The molecular weight excluding hydrogens is 222 g/mol. The van der Waals surface area contributed by atoms with Gasteiger partial charge in [-0.3, -0.25) is 9.97 Å². The summed E-state index contributed by atoms with van der Waals surface area (Å²) in [6.45, 7) is 0. The zero-order valence-corrected chi connectivity index (χ0v) is 9.35. The van der Waals surface area contributed by atoms with Crippen LogP contribution in [0.5, 0.6) is 0 Å². The highest BCUT2D eigenvalue weighted by Gasteiger charge is 2.27. The van der Waals surface area contributed by atoms with Gasteiger partial charge in [-0.2, -0.15) is 0 Å². The Hall–Kier alpha value is -1.48. The molecule has 0 amide bonds. The Morgan fingerprint density at radius 1 is 1.06 bits per heavy atom. The van der Waals surface area contributed by atoms with E-state index in [0.29, 0.717) is 5.15 Å². The molecule has 2 heterocycles. The van der Waals surface area contributed by atoms with Gasteiger partial charge in [0.1, 0.15) is 0 Å². The summed E-state index contributed by atoms with van der Waals surface area (Å²) in [5.74, 6) is 0.206. The Morgan fingerprint density at radius 3 is 2.75 bits per heavy atom. The Balaban J connectivity index is 2.08. The van der Waals surface area contributed by atoms with Gasteiger partial charge in [0.25, 0.3) is 0 Å². The van der Waals surface area contributed by atoms with E-state index in [-0.39, 0.29) is 5.92 Å². The first-order valence-corrected chi connectivity index (χ1v) is 5.64. The molecule has 0 fully saturated rings. The van der Waals surface area contributed by atoms with E-state index in [0.717, 1.165) is 24.2 Å². The third-order valence-electron chi connectivity index (χ3n) is 2.97. The average molecular weight is 232 g/mol. The number of halogens is 1. The van der Waals surface area contributed by atoms with E-state index in [4.69, 9.17) is 11.6 Å². The highest BCUT2D eigenvalue weighted by atomic mass is 35.5. The van der Waals surface area contributed by atoms with Crippen LogP contribution in [0.2, 0.25) is 5.15 Å². The standard InChI is InChI=1S/C12H10ClN3/c13-12-11(15-6-7-16-12)9-4-3-8-2-1-5-14-10(8)9/h1-2,5-7,9H,3-4H2. The normalized spacial score (nSPS) is 18.4. The summed E-state index contributed by atoms with van der Waals surface area (Å²) < 4.78 is 0. The smallest absolute Gasteiger partial charge is 0.151 e. The SMILES string of the molecule is Clc1nccnc1C1CCc2cccnc21. The van der Waals surface area contributed by atoms with Crippen LogP contribution in [0.25, 0.3) is 0 Å². The monoisotopic (exact) mass is 231 g/mol. The van der Waals surface area contributed by atoms with Gasteiger partial charge in [-0.1, -0.05) is 17.7 Å². The van der Waals surface area contributed by atoms with Crippen LogP contribution in [0.3, 0.4) is 0 Å². The number of nitrogens with zero attached hydrogens (tertiary/aromatic N) is 3. The summed E-state index contributed by atoms with van der Waals surface area (Å²) in [7, 11) is 0. The molecule has 2 aromatic heterocycles. The molecule has 4 heteroatoms. The van der Waals surface area contributed by atoms with Crippen LogP contribution >= 0.6 is 11.6 Å². The predicted molar refractivity (Wildman–Crippen MR) is 61.4 cm³/mol. The van der Waals surface area contributed by atoms with Gasteiger partial charge in [0.05, 0.1) is 11.4 Å². The quantitative estimate of drug-likeness (QED) is 0.757. The number of hydrogen-bond donors (Lipinski definition) is 0. The molecule has 0 aromatic carbocycles. The molecule has 1 unspecified atom stereocenters. The van der Waals surface area contributed by atoms with E-state index in [1.54, 1.807) is 12.4 Å². The maximum atomic E-state index is 6.07. The Bertz CT molecular complexity index is 527. The van der Waals surface area contributed by atoms with Crippen molar-refractivity contribution in [1.29, 1.82) is 0 Å². The van der Waals surface area contributed by atoms with Crippen LogP contribution in [-0.2, 0) is 6.42 Å². The second kappa shape index (κ2) is 3.83. The Labute approximate surface area is 98.5 Å². The second-order valence-corrected chi connectivity index (χ2v) is 4.23. The fraction of sp³-hybridized carbons (Fsp3) is 0.250. The van der Waals surface area contributed by atoms with Gasteiger partial charge in [0, 0.05) is 24.5 Å². The van der Waals surface area contributed by atoms with E-state index < -0.39 is 0 Å². The van der Waals surface area contributed by atoms with Crippen LogP contribution < -0.4 is 0 Å². The molecular formula is C12H10ClN3. The number of rotatable bonds is 1. The largest absolute Gasteiger partial charge is 0.260 e. The van der Waals surface area contributed by atoms with Gasteiger partial charge in [-0.05, 0) is 24.5 Å². The van der Waals surface area contributed by atoms with E-state index in [2.05, 4.69) is 21.0 Å². The summed E-state index contributed by atoms with van der Waals surface area (Å²) in [6.07, 6.45) is 7.18. The first-order chi connectivity index (χ1) is 7.86. The zero-order valence-electron chi connectivity index (χ0n) is 8.60. The van der Waals surface area contributed by atoms with Gasteiger partial charge in [-0.15, -0.1) is 0 Å². The van der Waals surface area contributed by atoms with Crippen LogP contribution in [0.15, 0.2) is 30.7 Å². The van der Waals surface area contributed by atoms with Crippen molar-refractivity contribution >= 4 is 11.6 Å². The zero-order chi connectivity index (χ0) is 11.0. The van der Waals surface area contributed by atoms with Gasteiger partial charge in [0.15, 0.2) is 5.15 Å². The Morgan fingerprint density at radius 2 is 1.88 bits per heavy atom. The van der Waals surface area contributed by atoms with Crippen molar-refractivity contribution in [1.82, 2.24) is 15.0 Å². The summed E-state index contributed by atoms with van der Waals surface area (Å²) >= 11 is 6.07. The van der Waals surface area contributed by atoms with Crippen molar-refractivity contribution in [3.8, 4) is 0 Å². The van der Waals surface area contributed by atoms with E-state index in [9.17, 15) is 0 Å². The molecule has 1 atom stereocenters. The first-order valence-electron chi connectivity index (χ1n) is 5.26. The minimum atomic E-state index is 0.206. The molecule has 0 spiro atoms. The maximum absolute atomic E-state index is 6.07. The number of fused-ring (bicyclic) bond motifs is 1. The minimum Gasteiger partial charge on any atom is -0.260 e. The van der Waals surface area contributed by atoms with Crippen LogP contribution in [0, 0.1) is 0 Å². The molecule has 80 valence electrons. The number of aryl methyl sites for hydroxylation is 1. The van der Waals surface area contributed by atoms with E-state index in [1.165, 1.54) is 5.56 Å². The second-order valence-electron chi connectivity index (χ2n) is 3.87. The van der Waals surface area contributed by atoms with Crippen LogP contribution in [-0.4, -0.2) is 15.0 Å². The van der Waals surface area contributed by atoms with Gasteiger partial charge in [-0.25, -0.2) is 4.98 Å². The number of aromatic nitrogens is 3. The molecule has 16 heavy (non-hydrogen) atoms. The summed E-state index contributed by atoms with van der Waals surface area (Å²) in [6, 6.07) is 4.09. The molecule has 3 rings (SSSR count). The van der Waals surface area contributed by atoms with Crippen molar-refractivity contribution in [2.24, 2.45) is 0 Å². The molecule has 0 saturated carbocycles. The van der Waals surface area contributed by atoms with Gasteiger partial charge in [0.2, 0.25) is 0 Å². The molecule has 2 aromatic rings. The summed E-state index contributed by atoms with van der Waals surface area (Å²) in [5.41, 5.74) is 3.25. The van der Waals surface area contributed by atoms with Crippen LogP contribution in [0.4, 0.5) is 0 Å². The fourth-order valence-electron chi connectivity index (χ4n) is 2.24. The molecule has 0 aliphatic heterocycles. The molecule has 0 bridgehead atoms. The van der Waals surface area contributed by atoms with Gasteiger partial charge < -0.3 is 0 Å². The molecule has 1 aliphatic carbocycles. The third-order valence-corrected chi connectivity index (χ3v) is 3.26. The van der Waals surface area contributed by atoms with E-state index in [1.807, 2.05) is 12.3 Å². The van der Waals surface area contributed by atoms with Gasteiger partial charge >= 0.3 is 0 Å². The average Bonchev–Trinajstić information content (AvgIpc) is 2.74. The molecule has 0 saturated heterocycles. The minimum absolute atomic E-state index is 0.206.